The van der Waals surface area contributed by atoms with Crippen LogP contribution in [0.2, 0.25) is 0 Å². The Hall–Kier alpha value is -2.79. The van der Waals surface area contributed by atoms with E-state index in [1.165, 1.54) is 36.6 Å². The fraction of sp³-hybridized carbons (Fsp3) is 0.500. The number of nitrogens with two attached hydrogens (primary N) is 1. The van der Waals surface area contributed by atoms with Crippen molar-refractivity contribution in [3.63, 3.8) is 0 Å². The largest absolute Gasteiger partial charge is 0.476 e. The fourth-order valence-electron chi connectivity index (χ4n) is 4.92. The van der Waals surface area contributed by atoms with Gasteiger partial charge in [-0.2, -0.15) is 0 Å². The molecule has 2 aromatic rings. The normalized spacial score (nSPS) is 27.4. The van der Waals surface area contributed by atoms with Gasteiger partial charge in [-0.1, -0.05) is 18.2 Å². The highest BCUT2D eigenvalue weighted by Crippen LogP contribution is 2.66. The van der Waals surface area contributed by atoms with E-state index in [4.69, 9.17) is 15.2 Å². The summed E-state index contributed by atoms with van der Waals surface area (Å²) >= 11 is 1.41. The lowest BCUT2D eigenvalue weighted by molar-refractivity contribution is 0.102. The Kier molecular flexibility index (Phi) is 6.16. The molecule has 3 atom stereocenters. The van der Waals surface area contributed by atoms with Crippen LogP contribution < -0.4 is 15.8 Å². The average molecular weight is 504 g/mol. The number of carbonyl (C=O) groups is 1. The molecule has 2 fully saturated rings. The summed E-state index contributed by atoms with van der Waals surface area (Å²) in [6, 6.07) is 2.34. The van der Waals surface area contributed by atoms with E-state index in [-0.39, 0.29) is 27.6 Å². The summed E-state index contributed by atoms with van der Waals surface area (Å²) in [4.78, 5) is 25.5. The number of hydrogen-bond donors (Lipinski definition) is 2. The summed E-state index contributed by atoms with van der Waals surface area (Å²) in [6.45, 7) is 2.74. The fourth-order valence-corrected chi connectivity index (χ4v) is 6.38. The lowest BCUT2D eigenvalue weighted by atomic mass is 9.85. The maximum absolute atomic E-state index is 15.0. The van der Waals surface area contributed by atoms with Crippen molar-refractivity contribution >= 4 is 28.5 Å². The highest BCUT2D eigenvalue weighted by Gasteiger charge is 2.66. The highest BCUT2D eigenvalue weighted by atomic mass is 32.2. The van der Waals surface area contributed by atoms with Crippen LogP contribution in [-0.4, -0.2) is 46.1 Å². The number of aliphatic imine (C=N–C) groups is 1. The molecule has 5 rings (SSSR count). The first-order valence-corrected chi connectivity index (χ1v) is 12.3. The molecule has 0 unspecified atom stereocenters. The van der Waals surface area contributed by atoms with E-state index in [2.05, 4.69) is 20.3 Å². The van der Waals surface area contributed by atoms with E-state index in [1.54, 1.807) is 14.0 Å². The molecule has 8 nitrogen and oxygen atoms in total. The molecule has 11 heteroatoms. The van der Waals surface area contributed by atoms with Crippen LogP contribution >= 0.6 is 11.8 Å². The minimum absolute atomic E-state index is 0.0242. The van der Waals surface area contributed by atoms with Gasteiger partial charge in [-0.15, -0.1) is 0 Å². The number of hydrogen-bond acceptors (Lipinski definition) is 8. The molecular formula is C24H27F2N5O3S. The van der Waals surface area contributed by atoms with Crippen molar-refractivity contribution in [1.82, 2.24) is 9.97 Å². The molecule has 2 heterocycles. The van der Waals surface area contributed by atoms with Gasteiger partial charge in [-0.05, 0) is 38.2 Å². The number of nitrogens with one attached hydrogen (secondary N) is 1. The van der Waals surface area contributed by atoms with E-state index in [9.17, 15) is 9.18 Å². The van der Waals surface area contributed by atoms with Gasteiger partial charge in [-0.3, -0.25) is 9.79 Å². The number of halogens is 2. The molecule has 35 heavy (non-hydrogen) atoms. The Morgan fingerprint density at radius 3 is 2.74 bits per heavy atom. The summed E-state index contributed by atoms with van der Waals surface area (Å²) in [7, 11) is 1.59. The molecule has 1 aromatic heterocycles. The Bertz CT molecular complexity index is 1180. The molecule has 2 saturated carbocycles. The van der Waals surface area contributed by atoms with Crippen LogP contribution in [0.5, 0.6) is 5.88 Å². The topological polar surface area (TPSA) is 112 Å². The van der Waals surface area contributed by atoms with Crippen LogP contribution in [0.15, 0.2) is 29.5 Å². The summed E-state index contributed by atoms with van der Waals surface area (Å²) in [5, 5.41) is 2.88. The lowest BCUT2D eigenvalue weighted by Crippen LogP contribution is -2.38. The predicted octanol–water partition coefficient (Wildman–Crippen LogP) is 3.87. The standard InChI is InChI=1S/C24H27F2N5O3S/c1-23(18-8-24(18,12-33-2)35-22(27)31-23)15-6-14(7-16(25)20(15)26)30-21(32)17-9-29-19(10-28-17)34-11-13-4-3-5-13/h6-7,9-10,13,18H,3-5,8,11-12H2,1-2H3,(H2,27,31)(H,30,32)/t18-,23-,24+/m0/s1. The second-order valence-electron chi connectivity index (χ2n) is 9.58. The monoisotopic (exact) mass is 503 g/mol. The molecule has 2 aliphatic carbocycles. The van der Waals surface area contributed by atoms with Crippen LogP contribution in [0, 0.1) is 23.5 Å². The minimum Gasteiger partial charge on any atom is -0.476 e. The summed E-state index contributed by atoms with van der Waals surface area (Å²) in [5.74, 6) is -1.92. The maximum Gasteiger partial charge on any atom is 0.275 e. The number of nitrogens with zero attached hydrogens (tertiary/aromatic N) is 3. The summed E-state index contributed by atoms with van der Waals surface area (Å²) in [5.41, 5.74) is 5.11. The molecular weight excluding hydrogens is 476 g/mol. The van der Waals surface area contributed by atoms with Crippen LogP contribution in [0.4, 0.5) is 14.5 Å². The molecule has 186 valence electrons. The van der Waals surface area contributed by atoms with Crippen molar-refractivity contribution in [1.29, 1.82) is 0 Å². The first kappa shape index (κ1) is 23.9. The SMILES string of the molecule is COC[C@]12C[C@H]1[C@](C)(c1cc(NC(=O)c3cnc(OCC4CCC4)cn3)cc(F)c1F)N=C(N)S2. The number of fused-ring (bicyclic) bond motifs is 1. The number of ether oxygens (including phenoxy) is 2. The van der Waals surface area contributed by atoms with Gasteiger partial charge >= 0.3 is 0 Å². The van der Waals surface area contributed by atoms with Gasteiger partial charge in [0.05, 0.1) is 35.9 Å². The molecule has 1 aromatic carbocycles. The number of amides is 1. The van der Waals surface area contributed by atoms with Gasteiger partial charge in [0.15, 0.2) is 16.8 Å². The second-order valence-corrected chi connectivity index (χ2v) is 11.0. The molecule has 0 bridgehead atoms. The van der Waals surface area contributed by atoms with E-state index in [0.717, 1.165) is 18.9 Å². The smallest absolute Gasteiger partial charge is 0.275 e. The van der Waals surface area contributed by atoms with Crippen molar-refractivity contribution in [2.24, 2.45) is 22.6 Å². The zero-order chi connectivity index (χ0) is 24.8. The van der Waals surface area contributed by atoms with Crippen molar-refractivity contribution in [3.05, 3.63) is 47.4 Å². The molecule has 1 aliphatic heterocycles. The molecule has 3 N–H and O–H groups in total. The van der Waals surface area contributed by atoms with Crippen LogP contribution in [0.25, 0.3) is 0 Å². The Morgan fingerprint density at radius 2 is 2.09 bits per heavy atom. The van der Waals surface area contributed by atoms with Gasteiger partial charge < -0.3 is 20.5 Å². The van der Waals surface area contributed by atoms with Crippen molar-refractivity contribution in [2.45, 2.75) is 42.9 Å². The number of benzene rings is 1. The van der Waals surface area contributed by atoms with Gasteiger partial charge in [0.1, 0.15) is 5.69 Å². The first-order chi connectivity index (χ1) is 16.7. The van der Waals surface area contributed by atoms with E-state index in [0.29, 0.717) is 36.6 Å². The third-order valence-electron chi connectivity index (χ3n) is 7.13. The zero-order valence-electron chi connectivity index (χ0n) is 19.5. The predicted molar refractivity (Wildman–Crippen MR) is 128 cm³/mol. The molecule has 3 aliphatic rings. The van der Waals surface area contributed by atoms with Crippen molar-refractivity contribution in [2.75, 3.05) is 25.6 Å². The van der Waals surface area contributed by atoms with Gasteiger partial charge in [0.2, 0.25) is 5.88 Å². The highest BCUT2D eigenvalue weighted by molar-refractivity contribution is 8.15. The van der Waals surface area contributed by atoms with Crippen LogP contribution in [0.1, 0.15) is 48.7 Å². The van der Waals surface area contributed by atoms with Crippen molar-refractivity contribution in [3.8, 4) is 5.88 Å². The number of amidine groups is 1. The molecule has 0 saturated heterocycles. The number of thioether (sulfide) groups is 1. The van der Waals surface area contributed by atoms with Gasteiger partial charge in [0, 0.05) is 30.3 Å². The van der Waals surface area contributed by atoms with Gasteiger partial charge in [0.25, 0.3) is 5.91 Å². The number of aromatic nitrogens is 2. The molecule has 0 radical (unpaired) electrons. The van der Waals surface area contributed by atoms with E-state index < -0.39 is 23.1 Å². The van der Waals surface area contributed by atoms with E-state index >= 15 is 4.39 Å². The maximum atomic E-state index is 15.0. The third kappa shape index (κ3) is 4.47. The number of carbonyl (C=O) groups excluding carboxylic acids is 1. The zero-order valence-corrected chi connectivity index (χ0v) is 20.3. The van der Waals surface area contributed by atoms with Crippen LogP contribution in [0.3, 0.4) is 0 Å². The van der Waals surface area contributed by atoms with Gasteiger partial charge in [-0.25, -0.2) is 18.7 Å². The average Bonchev–Trinajstić information content (AvgIpc) is 3.50. The lowest BCUT2D eigenvalue weighted by Gasteiger charge is -2.34. The quantitative estimate of drug-likeness (QED) is 0.563. The Morgan fingerprint density at radius 1 is 1.29 bits per heavy atom. The van der Waals surface area contributed by atoms with E-state index in [1.807, 2.05) is 0 Å². The third-order valence-corrected chi connectivity index (χ3v) is 8.40. The number of rotatable bonds is 8. The Balaban J connectivity index is 1.35. The Labute approximate surface area is 206 Å². The number of anilines is 1. The molecule has 1 amide bonds. The first-order valence-electron chi connectivity index (χ1n) is 11.5. The number of methoxy groups -OCH3 is 1. The van der Waals surface area contributed by atoms with Crippen molar-refractivity contribution < 1.29 is 23.0 Å². The van der Waals surface area contributed by atoms with Crippen LogP contribution in [-0.2, 0) is 10.3 Å². The minimum atomic E-state index is -1.10. The summed E-state index contributed by atoms with van der Waals surface area (Å²) in [6.07, 6.45) is 6.89. The molecule has 0 spiro atoms. The second kappa shape index (κ2) is 9.02. The summed E-state index contributed by atoms with van der Waals surface area (Å²) < 4.78 is 40.3.